The number of nitrogens with zero attached hydrogens (tertiary/aromatic N) is 2. The molecule has 0 amide bonds. The fourth-order valence-corrected chi connectivity index (χ4v) is 2.69. The van der Waals surface area contributed by atoms with Crippen LogP contribution in [-0.2, 0) is 0 Å². The van der Waals surface area contributed by atoms with Gasteiger partial charge in [-0.15, -0.1) is 10.2 Å². The zero-order chi connectivity index (χ0) is 11.5. The number of alkyl halides is 3. The number of halogens is 3. The van der Waals surface area contributed by atoms with Crippen LogP contribution in [0.4, 0.5) is 13.2 Å². The number of rotatable bonds is 4. The quantitative estimate of drug-likeness (QED) is 0.841. The summed E-state index contributed by atoms with van der Waals surface area (Å²) < 4.78 is 38.1. The van der Waals surface area contributed by atoms with E-state index < -0.39 is 17.5 Å². The third-order valence-electron chi connectivity index (χ3n) is 1.75. The minimum Gasteiger partial charge on any atom is -0.326 e. The summed E-state index contributed by atoms with van der Waals surface area (Å²) in [6.07, 6.45) is -4.04. The molecule has 1 heterocycles. The summed E-state index contributed by atoms with van der Waals surface area (Å²) in [5.41, 5.74) is 6.83. The first-order valence-corrected chi connectivity index (χ1v) is 5.96. The highest BCUT2D eigenvalue weighted by atomic mass is 32.2. The summed E-state index contributed by atoms with van der Waals surface area (Å²) in [4.78, 5) is 0. The SMILES string of the molecule is CCC(N)C(Sc1nncs1)C(F)(F)F. The highest BCUT2D eigenvalue weighted by Gasteiger charge is 2.44. The van der Waals surface area contributed by atoms with Gasteiger partial charge in [-0.3, -0.25) is 0 Å². The van der Waals surface area contributed by atoms with Crippen LogP contribution in [0, 0.1) is 0 Å². The van der Waals surface area contributed by atoms with E-state index in [0.717, 1.165) is 11.3 Å². The van der Waals surface area contributed by atoms with Crippen molar-refractivity contribution in [1.29, 1.82) is 0 Å². The van der Waals surface area contributed by atoms with Gasteiger partial charge < -0.3 is 5.73 Å². The maximum Gasteiger partial charge on any atom is 0.402 e. The van der Waals surface area contributed by atoms with E-state index in [9.17, 15) is 13.2 Å². The third-order valence-corrected chi connectivity index (χ3v) is 3.97. The van der Waals surface area contributed by atoms with Gasteiger partial charge in [0.2, 0.25) is 0 Å². The molecule has 0 aliphatic carbocycles. The first kappa shape index (κ1) is 12.7. The number of hydrogen-bond acceptors (Lipinski definition) is 5. The maximum atomic E-state index is 12.6. The van der Waals surface area contributed by atoms with E-state index in [1.165, 1.54) is 5.51 Å². The van der Waals surface area contributed by atoms with E-state index in [4.69, 9.17) is 5.73 Å². The van der Waals surface area contributed by atoms with Crippen LogP contribution in [0.1, 0.15) is 13.3 Å². The van der Waals surface area contributed by atoms with E-state index in [1.54, 1.807) is 6.92 Å². The van der Waals surface area contributed by atoms with Crippen molar-refractivity contribution in [3.63, 3.8) is 0 Å². The zero-order valence-corrected chi connectivity index (χ0v) is 9.49. The van der Waals surface area contributed by atoms with Crippen LogP contribution in [0.3, 0.4) is 0 Å². The number of aromatic nitrogens is 2. The van der Waals surface area contributed by atoms with Crippen LogP contribution in [0.2, 0.25) is 0 Å². The largest absolute Gasteiger partial charge is 0.402 e. The molecule has 1 aromatic rings. The van der Waals surface area contributed by atoms with Crippen molar-refractivity contribution in [1.82, 2.24) is 10.2 Å². The molecule has 0 aliphatic heterocycles. The molecule has 1 rings (SSSR count). The fraction of sp³-hybridized carbons (Fsp3) is 0.714. The first-order chi connectivity index (χ1) is 6.95. The van der Waals surface area contributed by atoms with Crippen molar-refractivity contribution in [2.24, 2.45) is 5.73 Å². The van der Waals surface area contributed by atoms with E-state index in [0.29, 0.717) is 16.1 Å². The van der Waals surface area contributed by atoms with Gasteiger partial charge in [0.05, 0.1) is 0 Å². The van der Waals surface area contributed by atoms with Gasteiger partial charge in [0, 0.05) is 6.04 Å². The van der Waals surface area contributed by atoms with Gasteiger partial charge in [0.1, 0.15) is 10.8 Å². The molecule has 15 heavy (non-hydrogen) atoms. The average Bonchev–Trinajstić information content (AvgIpc) is 2.63. The Bertz CT molecular complexity index is 288. The molecule has 0 saturated heterocycles. The Kier molecular flexibility index (Phi) is 4.35. The summed E-state index contributed by atoms with van der Waals surface area (Å²) >= 11 is 1.71. The Balaban J connectivity index is 2.74. The van der Waals surface area contributed by atoms with Crippen molar-refractivity contribution in [3.05, 3.63) is 5.51 Å². The van der Waals surface area contributed by atoms with Crippen LogP contribution in [-0.4, -0.2) is 27.7 Å². The molecule has 0 aromatic carbocycles. The molecule has 3 nitrogen and oxygen atoms in total. The van der Waals surface area contributed by atoms with Crippen LogP contribution < -0.4 is 5.73 Å². The van der Waals surface area contributed by atoms with Crippen molar-refractivity contribution in [3.8, 4) is 0 Å². The standard InChI is InChI=1S/C7H10F3N3S2/c1-2-4(11)5(7(8,9)10)15-6-13-12-3-14-6/h3-5H,2,11H2,1H3. The number of thioether (sulfide) groups is 1. The maximum absolute atomic E-state index is 12.6. The van der Waals surface area contributed by atoms with E-state index in [-0.39, 0.29) is 6.42 Å². The predicted octanol–water partition coefficient (Wildman–Crippen LogP) is 2.30. The Hall–Kier alpha value is -0.340. The smallest absolute Gasteiger partial charge is 0.326 e. The normalized spacial score (nSPS) is 16.3. The van der Waals surface area contributed by atoms with Crippen LogP contribution in [0.15, 0.2) is 9.85 Å². The van der Waals surface area contributed by atoms with Crippen LogP contribution in [0.25, 0.3) is 0 Å². The predicted molar refractivity (Wildman–Crippen MR) is 53.9 cm³/mol. The minimum atomic E-state index is -4.31. The van der Waals surface area contributed by atoms with E-state index in [2.05, 4.69) is 10.2 Å². The lowest BCUT2D eigenvalue weighted by atomic mass is 10.1. The monoisotopic (exact) mass is 257 g/mol. The Morgan fingerprint density at radius 2 is 2.27 bits per heavy atom. The molecule has 0 saturated carbocycles. The fourth-order valence-electron chi connectivity index (χ4n) is 0.934. The van der Waals surface area contributed by atoms with E-state index in [1.807, 2.05) is 0 Å². The second-order valence-electron chi connectivity index (χ2n) is 2.86. The Morgan fingerprint density at radius 1 is 1.60 bits per heavy atom. The molecule has 8 heteroatoms. The lowest BCUT2D eigenvalue weighted by Crippen LogP contribution is -2.42. The van der Waals surface area contributed by atoms with Gasteiger partial charge in [-0.05, 0) is 6.42 Å². The number of hydrogen-bond donors (Lipinski definition) is 1. The van der Waals surface area contributed by atoms with Crippen molar-refractivity contribution in [2.45, 2.75) is 35.2 Å². The molecule has 2 atom stereocenters. The summed E-state index contributed by atoms with van der Waals surface area (Å²) in [6, 6.07) is -0.918. The van der Waals surface area contributed by atoms with Crippen molar-refractivity contribution < 1.29 is 13.2 Å². The van der Waals surface area contributed by atoms with Gasteiger partial charge in [0.15, 0.2) is 4.34 Å². The van der Waals surface area contributed by atoms with Gasteiger partial charge >= 0.3 is 6.18 Å². The Morgan fingerprint density at radius 3 is 2.67 bits per heavy atom. The lowest BCUT2D eigenvalue weighted by molar-refractivity contribution is -0.132. The molecule has 2 N–H and O–H groups in total. The topological polar surface area (TPSA) is 51.8 Å². The summed E-state index contributed by atoms with van der Waals surface area (Å²) in [7, 11) is 0. The summed E-state index contributed by atoms with van der Waals surface area (Å²) in [5, 5.41) is 5.43. The first-order valence-electron chi connectivity index (χ1n) is 4.20. The minimum absolute atomic E-state index is 0.274. The second-order valence-corrected chi connectivity index (χ2v) is 5.08. The number of nitrogens with two attached hydrogens (primary N) is 1. The van der Waals surface area contributed by atoms with Gasteiger partial charge in [-0.1, -0.05) is 30.0 Å². The van der Waals surface area contributed by atoms with Gasteiger partial charge in [-0.2, -0.15) is 13.2 Å². The average molecular weight is 257 g/mol. The summed E-state index contributed by atoms with van der Waals surface area (Å²) in [5.74, 6) is 0. The molecule has 2 unspecified atom stereocenters. The third kappa shape index (κ3) is 3.62. The molecule has 0 spiro atoms. The van der Waals surface area contributed by atoms with Gasteiger partial charge in [0.25, 0.3) is 0 Å². The lowest BCUT2D eigenvalue weighted by Gasteiger charge is -2.23. The molecule has 0 radical (unpaired) electrons. The highest BCUT2D eigenvalue weighted by molar-refractivity contribution is 8.01. The molecule has 86 valence electrons. The van der Waals surface area contributed by atoms with Crippen LogP contribution in [0.5, 0.6) is 0 Å². The Labute approximate surface area is 93.3 Å². The molecule has 0 fully saturated rings. The van der Waals surface area contributed by atoms with Crippen LogP contribution >= 0.6 is 23.1 Å². The van der Waals surface area contributed by atoms with Gasteiger partial charge in [-0.25, -0.2) is 0 Å². The zero-order valence-electron chi connectivity index (χ0n) is 7.86. The van der Waals surface area contributed by atoms with Crippen molar-refractivity contribution in [2.75, 3.05) is 0 Å². The molecular weight excluding hydrogens is 247 g/mol. The second kappa shape index (κ2) is 5.13. The van der Waals surface area contributed by atoms with E-state index >= 15 is 0 Å². The molecule has 0 aliphatic rings. The highest BCUT2D eigenvalue weighted by Crippen LogP contribution is 2.37. The molecule has 1 aromatic heterocycles. The van der Waals surface area contributed by atoms with Crippen molar-refractivity contribution >= 4 is 23.1 Å². The molecule has 0 bridgehead atoms. The summed E-state index contributed by atoms with van der Waals surface area (Å²) in [6.45, 7) is 1.63. The molecular formula is C7H10F3N3S2.